The van der Waals surface area contributed by atoms with Crippen molar-refractivity contribution in [2.24, 2.45) is 0 Å². The Morgan fingerprint density at radius 2 is 1.83 bits per heavy atom. The second-order valence-electron chi connectivity index (χ2n) is 7.97. The standard InChI is InChI=1S/C22H24N8/c23-7-2-11-30-16-5-6-17(30)13-15(12-16)27-21-18-4-1-8-24-19(18)14-20(28-21)29-22-25-9-3-10-26-22/h1,3-4,8-10,14-17H,2,5-6,11-13H2,(H2,25,26,27,28,29)/t15?,16-,17+. The fraction of sp³-hybridized carbons (Fsp3) is 0.409. The average molecular weight is 400 g/mol. The Balaban J connectivity index is 1.38. The quantitative estimate of drug-likeness (QED) is 0.648. The zero-order valence-corrected chi connectivity index (χ0v) is 16.7. The number of rotatable bonds is 6. The number of nitrogens with one attached hydrogen (secondary N) is 2. The molecule has 2 aliphatic heterocycles. The van der Waals surface area contributed by atoms with Gasteiger partial charge in [-0.1, -0.05) is 0 Å². The SMILES string of the molecule is N#CCCN1[C@@H]2CC[C@H]1CC(Nc1nc(Nc3ncccn3)cc3ncccc13)C2. The summed E-state index contributed by atoms with van der Waals surface area (Å²) in [7, 11) is 0. The smallest absolute Gasteiger partial charge is 0.228 e. The van der Waals surface area contributed by atoms with Crippen molar-refractivity contribution in [3.8, 4) is 6.07 Å². The zero-order valence-electron chi connectivity index (χ0n) is 16.7. The average Bonchev–Trinajstić information content (AvgIpc) is 3.01. The zero-order chi connectivity index (χ0) is 20.3. The van der Waals surface area contributed by atoms with Crippen molar-refractivity contribution >= 4 is 28.5 Å². The predicted molar refractivity (Wildman–Crippen MR) is 115 cm³/mol. The molecule has 5 heterocycles. The molecule has 0 aromatic carbocycles. The second kappa shape index (κ2) is 8.20. The first-order valence-electron chi connectivity index (χ1n) is 10.5. The summed E-state index contributed by atoms with van der Waals surface area (Å²) in [6.45, 7) is 0.889. The van der Waals surface area contributed by atoms with Crippen LogP contribution >= 0.6 is 0 Å². The first-order valence-corrected chi connectivity index (χ1v) is 10.5. The van der Waals surface area contributed by atoms with Gasteiger partial charge in [0, 0.05) is 61.1 Å². The fourth-order valence-electron chi connectivity index (χ4n) is 4.86. The molecule has 3 atom stereocenters. The number of hydrogen-bond donors (Lipinski definition) is 2. The highest BCUT2D eigenvalue weighted by molar-refractivity contribution is 5.91. The van der Waals surface area contributed by atoms with E-state index in [9.17, 15) is 0 Å². The van der Waals surface area contributed by atoms with Crippen molar-refractivity contribution < 1.29 is 0 Å². The second-order valence-corrected chi connectivity index (χ2v) is 7.97. The van der Waals surface area contributed by atoms with Crippen LogP contribution in [0.4, 0.5) is 17.6 Å². The summed E-state index contributed by atoms with van der Waals surface area (Å²) < 4.78 is 0. The summed E-state index contributed by atoms with van der Waals surface area (Å²) in [6, 6.07) is 11.5. The molecule has 3 aromatic rings. The molecular weight excluding hydrogens is 376 g/mol. The Morgan fingerprint density at radius 1 is 1.07 bits per heavy atom. The molecule has 2 bridgehead atoms. The lowest BCUT2D eigenvalue weighted by atomic mass is 9.97. The van der Waals surface area contributed by atoms with Crippen LogP contribution in [-0.4, -0.2) is 49.5 Å². The van der Waals surface area contributed by atoms with E-state index in [1.54, 1.807) is 24.7 Å². The van der Waals surface area contributed by atoms with Gasteiger partial charge in [0.2, 0.25) is 5.95 Å². The van der Waals surface area contributed by atoms with Crippen molar-refractivity contribution in [3.63, 3.8) is 0 Å². The van der Waals surface area contributed by atoms with E-state index in [-0.39, 0.29) is 0 Å². The molecule has 8 nitrogen and oxygen atoms in total. The molecule has 1 unspecified atom stereocenters. The minimum atomic E-state index is 0.361. The molecule has 5 rings (SSSR count). The van der Waals surface area contributed by atoms with Gasteiger partial charge < -0.3 is 10.6 Å². The molecule has 2 N–H and O–H groups in total. The van der Waals surface area contributed by atoms with Crippen LogP contribution in [0.1, 0.15) is 32.1 Å². The first kappa shape index (κ1) is 18.7. The van der Waals surface area contributed by atoms with Gasteiger partial charge in [-0.05, 0) is 43.9 Å². The van der Waals surface area contributed by atoms with Crippen molar-refractivity contribution in [1.29, 1.82) is 5.26 Å². The van der Waals surface area contributed by atoms with E-state index in [0.29, 0.717) is 36.3 Å². The summed E-state index contributed by atoms with van der Waals surface area (Å²) in [4.78, 5) is 20.4. The molecule has 8 heteroatoms. The van der Waals surface area contributed by atoms with Gasteiger partial charge in [-0.2, -0.15) is 5.26 Å². The fourth-order valence-corrected chi connectivity index (χ4v) is 4.86. The van der Waals surface area contributed by atoms with Crippen LogP contribution in [0.25, 0.3) is 10.9 Å². The third kappa shape index (κ3) is 3.76. The molecule has 0 saturated carbocycles. The number of nitriles is 1. The van der Waals surface area contributed by atoms with Gasteiger partial charge in [-0.15, -0.1) is 0 Å². The van der Waals surface area contributed by atoms with Crippen LogP contribution in [-0.2, 0) is 0 Å². The normalized spacial score (nSPS) is 23.2. The Bertz CT molecular complexity index is 1050. The van der Waals surface area contributed by atoms with Crippen LogP contribution in [0.2, 0.25) is 0 Å². The first-order chi connectivity index (χ1) is 14.8. The van der Waals surface area contributed by atoms with E-state index in [1.165, 1.54) is 12.8 Å². The molecule has 2 saturated heterocycles. The summed E-state index contributed by atoms with van der Waals surface area (Å²) in [5.74, 6) is 2.02. The van der Waals surface area contributed by atoms with Gasteiger partial charge >= 0.3 is 0 Å². The Morgan fingerprint density at radius 3 is 2.60 bits per heavy atom. The lowest BCUT2D eigenvalue weighted by molar-refractivity contribution is 0.136. The number of anilines is 3. The highest BCUT2D eigenvalue weighted by Crippen LogP contribution is 2.37. The van der Waals surface area contributed by atoms with Gasteiger partial charge in [-0.3, -0.25) is 9.88 Å². The molecule has 3 aromatic heterocycles. The molecule has 2 aliphatic rings. The van der Waals surface area contributed by atoms with E-state index < -0.39 is 0 Å². The highest BCUT2D eigenvalue weighted by Gasteiger charge is 2.40. The minimum Gasteiger partial charge on any atom is -0.367 e. The van der Waals surface area contributed by atoms with Gasteiger partial charge in [0.15, 0.2) is 0 Å². The molecule has 0 spiro atoms. The monoisotopic (exact) mass is 400 g/mol. The van der Waals surface area contributed by atoms with Crippen LogP contribution in [0.15, 0.2) is 42.9 Å². The van der Waals surface area contributed by atoms with Gasteiger partial charge in [0.05, 0.1) is 11.6 Å². The number of nitrogens with zero attached hydrogens (tertiary/aromatic N) is 6. The molecule has 0 aliphatic carbocycles. The Kier molecular flexibility index (Phi) is 5.11. The minimum absolute atomic E-state index is 0.361. The van der Waals surface area contributed by atoms with Gasteiger partial charge in [-0.25, -0.2) is 15.0 Å². The predicted octanol–water partition coefficient (Wildman–Crippen LogP) is 3.48. The van der Waals surface area contributed by atoms with E-state index in [0.717, 1.165) is 36.1 Å². The van der Waals surface area contributed by atoms with Crippen LogP contribution in [0.5, 0.6) is 0 Å². The number of aromatic nitrogens is 4. The molecule has 0 radical (unpaired) electrons. The lowest BCUT2D eigenvalue weighted by Crippen LogP contribution is -2.47. The topological polar surface area (TPSA) is 103 Å². The van der Waals surface area contributed by atoms with E-state index in [2.05, 4.69) is 42.6 Å². The largest absolute Gasteiger partial charge is 0.367 e. The van der Waals surface area contributed by atoms with Crippen molar-refractivity contribution in [2.75, 3.05) is 17.2 Å². The number of fused-ring (bicyclic) bond motifs is 3. The van der Waals surface area contributed by atoms with E-state index >= 15 is 0 Å². The van der Waals surface area contributed by atoms with E-state index in [1.807, 2.05) is 12.1 Å². The molecular formula is C22H24N8. The highest BCUT2D eigenvalue weighted by atomic mass is 15.2. The van der Waals surface area contributed by atoms with Crippen LogP contribution in [0, 0.1) is 11.3 Å². The molecule has 30 heavy (non-hydrogen) atoms. The summed E-state index contributed by atoms with van der Waals surface area (Å²) in [5.41, 5.74) is 0.878. The number of pyridine rings is 2. The van der Waals surface area contributed by atoms with Gasteiger partial charge in [0.25, 0.3) is 0 Å². The number of hydrogen-bond acceptors (Lipinski definition) is 8. The summed E-state index contributed by atoms with van der Waals surface area (Å²) >= 11 is 0. The maximum Gasteiger partial charge on any atom is 0.228 e. The number of piperidine rings is 1. The third-order valence-corrected chi connectivity index (χ3v) is 6.11. The van der Waals surface area contributed by atoms with Crippen LogP contribution < -0.4 is 10.6 Å². The molecule has 0 amide bonds. The van der Waals surface area contributed by atoms with Crippen molar-refractivity contribution in [3.05, 3.63) is 42.9 Å². The summed E-state index contributed by atoms with van der Waals surface area (Å²) in [5, 5.41) is 16.8. The third-order valence-electron chi connectivity index (χ3n) is 6.11. The Labute approximate surface area is 175 Å². The molecule has 152 valence electrons. The Hall–Kier alpha value is -3.31. The van der Waals surface area contributed by atoms with Crippen LogP contribution in [0.3, 0.4) is 0 Å². The van der Waals surface area contributed by atoms with Crippen molar-refractivity contribution in [2.45, 2.75) is 50.2 Å². The van der Waals surface area contributed by atoms with Gasteiger partial charge in [0.1, 0.15) is 11.6 Å². The lowest BCUT2D eigenvalue weighted by Gasteiger charge is -2.39. The molecule has 2 fully saturated rings. The van der Waals surface area contributed by atoms with Crippen molar-refractivity contribution in [1.82, 2.24) is 24.8 Å². The van der Waals surface area contributed by atoms with E-state index in [4.69, 9.17) is 10.2 Å². The maximum atomic E-state index is 8.95. The summed E-state index contributed by atoms with van der Waals surface area (Å²) in [6.07, 6.45) is 10.4. The maximum absolute atomic E-state index is 8.95.